The SMILES string of the molecule is CC(C)c1noc(N2CCC(COc3ccc(-c4ccc(S(=O)(=O)CCCO)cc4F)cc3)CC2)n1. The Bertz CT molecular complexity index is 1250. The van der Waals surface area contributed by atoms with Crippen molar-refractivity contribution in [2.75, 3.05) is 37.0 Å². The molecule has 0 unspecified atom stereocenters. The van der Waals surface area contributed by atoms with E-state index in [0.717, 1.165) is 37.8 Å². The van der Waals surface area contributed by atoms with Gasteiger partial charge in [-0.2, -0.15) is 4.98 Å². The summed E-state index contributed by atoms with van der Waals surface area (Å²) < 4.78 is 50.6. The van der Waals surface area contributed by atoms with E-state index >= 15 is 0 Å². The minimum Gasteiger partial charge on any atom is -0.493 e. The van der Waals surface area contributed by atoms with Crippen LogP contribution in [0.2, 0.25) is 0 Å². The monoisotopic (exact) mass is 517 g/mol. The Morgan fingerprint density at radius 1 is 1.17 bits per heavy atom. The third-order valence-corrected chi connectivity index (χ3v) is 8.15. The van der Waals surface area contributed by atoms with Gasteiger partial charge in [0.1, 0.15) is 11.6 Å². The van der Waals surface area contributed by atoms with Crippen LogP contribution in [-0.2, 0) is 9.84 Å². The first-order chi connectivity index (χ1) is 17.3. The second kappa shape index (κ2) is 11.4. The van der Waals surface area contributed by atoms with Crippen molar-refractivity contribution in [1.29, 1.82) is 0 Å². The van der Waals surface area contributed by atoms with E-state index in [4.69, 9.17) is 14.4 Å². The van der Waals surface area contributed by atoms with Crippen molar-refractivity contribution in [3.8, 4) is 16.9 Å². The van der Waals surface area contributed by atoms with Gasteiger partial charge in [-0.25, -0.2) is 12.8 Å². The van der Waals surface area contributed by atoms with E-state index in [1.165, 1.54) is 12.1 Å². The average molecular weight is 518 g/mol. The molecule has 0 bridgehead atoms. The Morgan fingerprint density at radius 2 is 1.89 bits per heavy atom. The molecule has 0 atom stereocenters. The summed E-state index contributed by atoms with van der Waals surface area (Å²) in [4.78, 5) is 6.50. The van der Waals surface area contributed by atoms with Crippen molar-refractivity contribution in [3.05, 3.63) is 54.1 Å². The molecule has 0 radical (unpaired) electrons. The van der Waals surface area contributed by atoms with Crippen molar-refractivity contribution in [2.24, 2.45) is 5.92 Å². The first-order valence-corrected chi connectivity index (χ1v) is 13.9. The zero-order chi connectivity index (χ0) is 25.7. The van der Waals surface area contributed by atoms with Crippen LogP contribution in [0, 0.1) is 11.7 Å². The van der Waals surface area contributed by atoms with Crippen LogP contribution in [0.1, 0.15) is 44.9 Å². The topological polar surface area (TPSA) is 106 Å². The molecule has 0 amide bonds. The molecule has 1 N–H and O–H groups in total. The van der Waals surface area contributed by atoms with Crippen LogP contribution in [0.15, 0.2) is 51.9 Å². The number of benzene rings is 2. The van der Waals surface area contributed by atoms with Crippen LogP contribution in [0.3, 0.4) is 0 Å². The highest BCUT2D eigenvalue weighted by atomic mass is 32.2. The van der Waals surface area contributed by atoms with Crippen molar-refractivity contribution < 1.29 is 27.2 Å². The van der Waals surface area contributed by atoms with Gasteiger partial charge in [0.2, 0.25) is 0 Å². The summed E-state index contributed by atoms with van der Waals surface area (Å²) in [5, 5.41) is 12.9. The first kappa shape index (κ1) is 26.1. The normalized spacial score (nSPS) is 15.0. The molecule has 1 aliphatic rings. The van der Waals surface area contributed by atoms with Crippen molar-refractivity contribution in [2.45, 2.75) is 43.9 Å². The Kier molecular flexibility index (Phi) is 8.25. The first-order valence-electron chi connectivity index (χ1n) is 12.2. The van der Waals surface area contributed by atoms with Crippen LogP contribution in [0.25, 0.3) is 11.1 Å². The molecule has 10 heteroatoms. The Balaban J connectivity index is 1.30. The maximum atomic E-state index is 14.7. The molecule has 2 aromatic carbocycles. The van der Waals surface area contributed by atoms with Gasteiger partial charge < -0.3 is 19.3 Å². The number of ether oxygens (including phenoxy) is 1. The molecule has 1 fully saturated rings. The van der Waals surface area contributed by atoms with E-state index in [0.29, 0.717) is 35.4 Å². The molecular formula is C26H32FN3O5S. The predicted molar refractivity (Wildman–Crippen MR) is 134 cm³/mol. The fraction of sp³-hybridized carbons (Fsp3) is 0.462. The number of rotatable bonds is 10. The van der Waals surface area contributed by atoms with Gasteiger partial charge in [-0.15, -0.1) is 0 Å². The smallest absolute Gasteiger partial charge is 0.324 e. The molecule has 1 aliphatic heterocycles. The summed E-state index contributed by atoms with van der Waals surface area (Å²) in [6.07, 6.45) is 2.02. The fourth-order valence-electron chi connectivity index (χ4n) is 4.12. The molecule has 4 rings (SSSR count). The summed E-state index contributed by atoms with van der Waals surface area (Å²) in [6, 6.07) is 11.6. The van der Waals surface area contributed by atoms with Gasteiger partial charge in [0.05, 0.1) is 17.3 Å². The number of sulfone groups is 1. The number of anilines is 1. The number of aliphatic hydroxyl groups excluding tert-OH is 1. The number of aliphatic hydroxyl groups is 1. The molecular weight excluding hydrogens is 485 g/mol. The van der Waals surface area contributed by atoms with E-state index in [-0.39, 0.29) is 29.6 Å². The molecule has 3 aromatic rings. The fourth-order valence-corrected chi connectivity index (χ4v) is 5.42. The van der Waals surface area contributed by atoms with Gasteiger partial charge in [0.15, 0.2) is 15.7 Å². The van der Waals surface area contributed by atoms with Gasteiger partial charge in [0, 0.05) is 31.2 Å². The van der Waals surface area contributed by atoms with Gasteiger partial charge in [-0.3, -0.25) is 0 Å². The number of hydrogen-bond acceptors (Lipinski definition) is 8. The predicted octanol–water partition coefficient (Wildman–Crippen LogP) is 4.45. The van der Waals surface area contributed by atoms with Crippen molar-refractivity contribution in [1.82, 2.24) is 10.1 Å². The summed E-state index contributed by atoms with van der Waals surface area (Å²) >= 11 is 0. The number of piperidine rings is 1. The van der Waals surface area contributed by atoms with Crippen LogP contribution in [0.5, 0.6) is 5.75 Å². The van der Waals surface area contributed by atoms with Crippen LogP contribution < -0.4 is 9.64 Å². The molecule has 1 aromatic heterocycles. The summed E-state index contributed by atoms with van der Waals surface area (Å²) in [6.45, 7) is 6.09. The lowest BCUT2D eigenvalue weighted by molar-refractivity contribution is 0.220. The van der Waals surface area contributed by atoms with Crippen LogP contribution >= 0.6 is 0 Å². The van der Waals surface area contributed by atoms with Gasteiger partial charge in [-0.05, 0) is 55.0 Å². The van der Waals surface area contributed by atoms with Crippen molar-refractivity contribution in [3.63, 3.8) is 0 Å². The second-order valence-corrected chi connectivity index (χ2v) is 11.5. The van der Waals surface area contributed by atoms with E-state index in [9.17, 15) is 12.8 Å². The van der Waals surface area contributed by atoms with Crippen molar-refractivity contribution >= 4 is 15.9 Å². The van der Waals surface area contributed by atoms with Gasteiger partial charge in [0.25, 0.3) is 0 Å². The maximum absolute atomic E-state index is 14.7. The zero-order valence-electron chi connectivity index (χ0n) is 20.6. The van der Waals surface area contributed by atoms with E-state index < -0.39 is 15.7 Å². The van der Waals surface area contributed by atoms with Crippen LogP contribution in [-0.4, -0.2) is 55.7 Å². The Morgan fingerprint density at radius 3 is 2.50 bits per heavy atom. The number of halogens is 1. The van der Waals surface area contributed by atoms with Gasteiger partial charge in [-0.1, -0.05) is 37.2 Å². The third-order valence-electron chi connectivity index (χ3n) is 6.35. The highest BCUT2D eigenvalue weighted by Gasteiger charge is 2.24. The highest BCUT2D eigenvalue weighted by Crippen LogP contribution is 2.29. The standard InChI is InChI=1S/C26H32FN3O5S/c1-18(2)25-28-26(35-29-25)30-12-10-19(11-13-30)17-34-21-6-4-20(5-7-21)23-9-8-22(16-24(23)27)36(32,33)15-3-14-31/h4-9,16,18-19,31H,3,10-15,17H2,1-2H3. The van der Waals surface area contributed by atoms with E-state index in [2.05, 4.69) is 15.0 Å². The lowest BCUT2D eigenvalue weighted by Crippen LogP contribution is -2.35. The number of hydrogen-bond donors (Lipinski definition) is 1. The minimum absolute atomic E-state index is 0.0809. The van der Waals surface area contributed by atoms with Gasteiger partial charge >= 0.3 is 6.01 Å². The van der Waals surface area contributed by atoms with E-state index in [1.54, 1.807) is 24.3 Å². The van der Waals surface area contributed by atoms with Crippen LogP contribution in [0.4, 0.5) is 10.4 Å². The Labute approximate surface area is 211 Å². The second-order valence-electron chi connectivity index (χ2n) is 9.39. The molecule has 1 saturated heterocycles. The summed E-state index contributed by atoms with van der Waals surface area (Å²) in [7, 11) is -3.63. The number of aromatic nitrogens is 2. The molecule has 0 aliphatic carbocycles. The minimum atomic E-state index is -3.63. The average Bonchev–Trinajstić information content (AvgIpc) is 3.38. The maximum Gasteiger partial charge on any atom is 0.324 e. The molecule has 0 saturated carbocycles. The largest absolute Gasteiger partial charge is 0.493 e. The lowest BCUT2D eigenvalue weighted by atomic mass is 9.98. The number of nitrogens with zero attached hydrogens (tertiary/aromatic N) is 3. The molecule has 36 heavy (non-hydrogen) atoms. The highest BCUT2D eigenvalue weighted by molar-refractivity contribution is 7.91. The third kappa shape index (κ3) is 6.22. The quantitative estimate of drug-likeness (QED) is 0.421. The summed E-state index contributed by atoms with van der Waals surface area (Å²) in [5.74, 6) is 1.23. The van der Waals surface area contributed by atoms with E-state index in [1.807, 2.05) is 13.8 Å². The Hall–Kier alpha value is -2.98. The molecule has 8 nitrogen and oxygen atoms in total. The summed E-state index contributed by atoms with van der Waals surface area (Å²) in [5.41, 5.74) is 0.949. The zero-order valence-corrected chi connectivity index (χ0v) is 21.4. The molecule has 194 valence electrons. The molecule has 0 spiro atoms. The lowest BCUT2D eigenvalue weighted by Gasteiger charge is -2.30. The molecule has 2 heterocycles.